The van der Waals surface area contributed by atoms with Crippen molar-refractivity contribution in [2.24, 2.45) is 0 Å². The third-order valence-electron chi connectivity index (χ3n) is 2.19. The Morgan fingerprint density at radius 1 is 1.21 bits per heavy atom. The third-order valence-corrected chi connectivity index (χ3v) is 2.19. The molecule has 0 radical (unpaired) electrons. The van der Waals surface area contributed by atoms with Gasteiger partial charge in [-0.3, -0.25) is 0 Å². The van der Waals surface area contributed by atoms with Crippen LogP contribution in [0.4, 0.5) is 8.78 Å². The van der Waals surface area contributed by atoms with Gasteiger partial charge in [0.1, 0.15) is 12.4 Å². The zero-order valence-electron chi connectivity index (χ0n) is 10.6. The normalized spacial score (nSPS) is 10.5. The van der Waals surface area contributed by atoms with Crippen molar-refractivity contribution in [3.63, 3.8) is 0 Å². The van der Waals surface area contributed by atoms with Crippen molar-refractivity contribution in [2.45, 2.75) is 12.8 Å². The topological polar surface area (TPSA) is 44.8 Å². The molecular formula is C13H16F2O4. The van der Waals surface area contributed by atoms with Crippen LogP contribution in [0.3, 0.4) is 0 Å². The second kappa shape index (κ2) is 8.42. The quantitative estimate of drug-likeness (QED) is 0.540. The lowest BCUT2D eigenvalue weighted by Crippen LogP contribution is -2.09. The van der Waals surface area contributed by atoms with Crippen LogP contribution in [0, 0.1) is 0 Å². The van der Waals surface area contributed by atoms with Gasteiger partial charge < -0.3 is 14.2 Å². The molecule has 0 aromatic heterocycles. The summed E-state index contributed by atoms with van der Waals surface area (Å²) in [5.41, 5.74) is 0.349. The van der Waals surface area contributed by atoms with Gasteiger partial charge in [-0.15, -0.1) is 0 Å². The molecule has 0 aliphatic carbocycles. The molecule has 106 valence electrons. The molecule has 0 bridgehead atoms. The number of benzene rings is 1. The summed E-state index contributed by atoms with van der Waals surface area (Å²) in [6.07, 6.45) is -1.90. The highest BCUT2D eigenvalue weighted by molar-refractivity contribution is 5.89. The Morgan fingerprint density at radius 2 is 1.89 bits per heavy atom. The van der Waals surface area contributed by atoms with E-state index in [9.17, 15) is 13.6 Å². The van der Waals surface area contributed by atoms with E-state index in [-0.39, 0.29) is 12.4 Å². The van der Waals surface area contributed by atoms with E-state index < -0.39 is 19.0 Å². The maximum Gasteiger partial charge on any atom is 0.338 e. The zero-order chi connectivity index (χ0) is 14.1. The highest BCUT2D eigenvalue weighted by Crippen LogP contribution is 2.13. The van der Waals surface area contributed by atoms with Crippen LogP contribution in [0.5, 0.6) is 5.75 Å². The van der Waals surface area contributed by atoms with Crippen molar-refractivity contribution in [1.82, 2.24) is 0 Å². The van der Waals surface area contributed by atoms with Crippen molar-refractivity contribution < 1.29 is 27.8 Å². The van der Waals surface area contributed by atoms with Crippen LogP contribution in [-0.4, -0.2) is 39.3 Å². The minimum atomic E-state index is -2.52. The maximum absolute atomic E-state index is 11.9. The highest BCUT2D eigenvalue weighted by atomic mass is 19.3. The van der Waals surface area contributed by atoms with Gasteiger partial charge in [0.05, 0.1) is 12.2 Å². The number of carbonyl (C=O) groups is 1. The van der Waals surface area contributed by atoms with Crippen LogP contribution in [0.25, 0.3) is 0 Å². The minimum Gasteiger partial charge on any atom is -0.488 e. The molecule has 0 N–H and O–H groups in total. The monoisotopic (exact) mass is 274 g/mol. The van der Waals surface area contributed by atoms with Gasteiger partial charge in [0.15, 0.2) is 0 Å². The molecule has 0 unspecified atom stereocenters. The van der Waals surface area contributed by atoms with Crippen LogP contribution in [0.1, 0.15) is 16.8 Å². The van der Waals surface area contributed by atoms with Crippen LogP contribution in [0.2, 0.25) is 0 Å². The molecule has 0 fully saturated rings. The predicted molar refractivity (Wildman–Crippen MR) is 64.7 cm³/mol. The molecule has 1 aromatic rings. The fourth-order valence-electron chi connectivity index (χ4n) is 1.30. The Morgan fingerprint density at radius 3 is 2.47 bits per heavy atom. The van der Waals surface area contributed by atoms with E-state index >= 15 is 0 Å². The predicted octanol–water partition coefficient (Wildman–Crippen LogP) is 2.52. The largest absolute Gasteiger partial charge is 0.488 e. The van der Waals surface area contributed by atoms with E-state index in [1.807, 2.05) is 0 Å². The van der Waals surface area contributed by atoms with Crippen LogP contribution in [-0.2, 0) is 9.47 Å². The summed E-state index contributed by atoms with van der Waals surface area (Å²) in [4.78, 5) is 11.6. The molecule has 0 amide bonds. The number of rotatable bonds is 8. The molecule has 4 nitrogen and oxygen atoms in total. The first-order chi connectivity index (χ1) is 9.13. The van der Waals surface area contributed by atoms with Gasteiger partial charge in [-0.25, -0.2) is 13.6 Å². The van der Waals surface area contributed by atoms with Crippen molar-refractivity contribution in [3.8, 4) is 5.75 Å². The zero-order valence-corrected chi connectivity index (χ0v) is 10.6. The van der Waals surface area contributed by atoms with Gasteiger partial charge in [-0.2, -0.15) is 0 Å². The number of hydrogen-bond acceptors (Lipinski definition) is 4. The molecule has 0 heterocycles. The summed E-state index contributed by atoms with van der Waals surface area (Å²) in [5, 5.41) is 0. The maximum atomic E-state index is 11.9. The standard InChI is InChI=1S/C13H16F2O4/c1-17-7-2-8-18-13(16)10-3-5-11(6-4-10)19-9-12(14)15/h3-6,12H,2,7-9H2,1H3. The van der Waals surface area contributed by atoms with E-state index in [1.165, 1.54) is 24.3 Å². The molecular weight excluding hydrogens is 258 g/mol. The van der Waals surface area contributed by atoms with Crippen molar-refractivity contribution in [3.05, 3.63) is 29.8 Å². The minimum absolute atomic E-state index is 0.274. The summed E-state index contributed by atoms with van der Waals surface area (Å²) in [6, 6.07) is 5.85. The number of halogens is 2. The van der Waals surface area contributed by atoms with Gasteiger partial charge in [0.25, 0.3) is 6.43 Å². The van der Waals surface area contributed by atoms with Crippen molar-refractivity contribution >= 4 is 5.97 Å². The SMILES string of the molecule is COCCCOC(=O)c1ccc(OCC(F)F)cc1. The Bertz CT molecular complexity index is 379. The Labute approximate surface area is 110 Å². The van der Waals surface area contributed by atoms with Gasteiger partial charge in [0.2, 0.25) is 0 Å². The van der Waals surface area contributed by atoms with Crippen molar-refractivity contribution in [2.75, 3.05) is 26.9 Å². The summed E-state index contributed by atoms with van der Waals surface area (Å²) < 4.78 is 38.4. The summed E-state index contributed by atoms with van der Waals surface area (Å²) >= 11 is 0. The first kappa shape index (κ1) is 15.4. The molecule has 19 heavy (non-hydrogen) atoms. The number of hydrogen-bond donors (Lipinski definition) is 0. The molecule has 0 saturated heterocycles. The lowest BCUT2D eigenvalue weighted by Gasteiger charge is -2.07. The van der Waals surface area contributed by atoms with E-state index in [0.29, 0.717) is 18.6 Å². The third kappa shape index (κ3) is 6.15. The van der Waals surface area contributed by atoms with Crippen LogP contribution in [0.15, 0.2) is 24.3 Å². The van der Waals surface area contributed by atoms with E-state index in [0.717, 1.165) is 0 Å². The smallest absolute Gasteiger partial charge is 0.338 e. The Balaban J connectivity index is 2.40. The number of esters is 1. The van der Waals surface area contributed by atoms with Crippen molar-refractivity contribution in [1.29, 1.82) is 0 Å². The average molecular weight is 274 g/mol. The van der Waals surface area contributed by atoms with Crippen LogP contribution < -0.4 is 4.74 Å². The molecule has 0 atom stereocenters. The molecule has 0 aliphatic rings. The summed E-state index contributed by atoms with van der Waals surface area (Å²) in [7, 11) is 1.57. The first-order valence-electron chi connectivity index (χ1n) is 5.80. The highest BCUT2D eigenvalue weighted by Gasteiger charge is 2.08. The number of methoxy groups -OCH3 is 1. The van der Waals surface area contributed by atoms with E-state index in [2.05, 4.69) is 0 Å². The summed E-state index contributed by atoms with van der Waals surface area (Å²) in [5.74, 6) is -0.173. The number of carbonyl (C=O) groups excluding carboxylic acids is 1. The second-order valence-corrected chi connectivity index (χ2v) is 3.71. The fraction of sp³-hybridized carbons (Fsp3) is 0.462. The Kier molecular flexibility index (Phi) is 6.81. The van der Waals surface area contributed by atoms with E-state index in [4.69, 9.17) is 14.2 Å². The van der Waals surface area contributed by atoms with E-state index in [1.54, 1.807) is 7.11 Å². The molecule has 1 rings (SSSR count). The van der Waals surface area contributed by atoms with Gasteiger partial charge >= 0.3 is 5.97 Å². The summed E-state index contributed by atoms with van der Waals surface area (Å²) in [6.45, 7) is 0.130. The lowest BCUT2D eigenvalue weighted by atomic mass is 10.2. The second-order valence-electron chi connectivity index (χ2n) is 3.71. The van der Waals surface area contributed by atoms with Gasteiger partial charge in [-0.1, -0.05) is 0 Å². The molecule has 6 heteroatoms. The average Bonchev–Trinajstić information content (AvgIpc) is 2.41. The molecule has 0 spiro atoms. The Hall–Kier alpha value is -1.69. The number of ether oxygens (including phenoxy) is 3. The number of alkyl halides is 2. The van der Waals surface area contributed by atoms with Gasteiger partial charge in [-0.05, 0) is 24.3 Å². The van der Waals surface area contributed by atoms with Crippen LogP contribution >= 0.6 is 0 Å². The first-order valence-corrected chi connectivity index (χ1v) is 5.80. The molecule has 0 aliphatic heterocycles. The van der Waals surface area contributed by atoms with Gasteiger partial charge in [0, 0.05) is 20.1 Å². The fourth-order valence-corrected chi connectivity index (χ4v) is 1.30. The molecule has 0 saturated carbocycles. The lowest BCUT2D eigenvalue weighted by molar-refractivity contribution is 0.0468. The molecule has 1 aromatic carbocycles.